The van der Waals surface area contributed by atoms with Gasteiger partial charge in [0.05, 0.1) is 7.11 Å². The van der Waals surface area contributed by atoms with Crippen molar-refractivity contribution < 1.29 is 22.1 Å². The molecule has 0 saturated carbocycles. The number of hydrogen-bond acceptors (Lipinski definition) is 5. The first-order valence-electron chi connectivity index (χ1n) is 5.81. The summed E-state index contributed by atoms with van der Waals surface area (Å²) in [5.41, 5.74) is 0.0191. The molecule has 0 radical (unpaired) electrons. The number of halogens is 1. The molecule has 21 heavy (non-hydrogen) atoms. The lowest BCUT2D eigenvalue weighted by Crippen LogP contribution is -2.13. The highest BCUT2D eigenvalue weighted by atomic mass is 35.5. The number of rotatable bonds is 4. The summed E-state index contributed by atoms with van der Waals surface area (Å²) in [4.78, 5) is 11.5. The zero-order chi connectivity index (χ0) is 15.5. The third-order valence-corrected chi connectivity index (χ3v) is 4.04. The second kappa shape index (κ2) is 6.15. The highest BCUT2D eigenvalue weighted by molar-refractivity contribution is 7.87. The van der Waals surface area contributed by atoms with Crippen molar-refractivity contribution in [2.45, 2.75) is 4.90 Å². The second-order valence-electron chi connectivity index (χ2n) is 3.98. The van der Waals surface area contributed by atoms with Crippen molar-refractivity contribution in [1.29, 1.82) is 0 Å². The van der Waals surface area contributed by atoms with Gasteiger partial charge in [0, 0.05) is 5.02 Å². The first-order chi connectivity index (χ1) is 9.94. The zero-order valence-corrected chi connectivity index (χ0v) is 12.5. The van der Waals surface area contributed by atoms with Gasteiger partial charge in [0.2, 0.25) is 0 Å². The monoisotopic (exact) mass is 326 g/mol. The average molecular weight is 327 g/mol. The lowest BCUT2D eigenvalue weighted by Gasteiger charge is -2.10. The molecule has 2 aromatic rings. The summed E-state index contributed by atoms with van der Waals surface area (Å²) >= 11 is 5.76. The number of benzene rings is 2. The quantitative estimate of drug-likeness (QED) is 0.638. The summed E-state index contributed by atoms with van der Waals surface area (Å²) < 4.78 is 34.0. The normalized spacial score (nSPS) is 11.0. The van der Waals surface area contributed by atoms with Crippen LogP contribution >= 0.6 is 11.6 Å². The Balaban J connectivity index is 2.40. The Bertz CT molecular complexity index is 770. The van der Waals surface area contributed by atoms with Crippen LogP contribution in [0.25, 0.3) is 0 Å². The molecule has 0 bridgehead atoms. The van der Waals surface area contributed by atoms with Crippen LogP contribution in [0, 0.1) is 0 Å². The van der Waals surface area contributed by atoms with Gasteiger partial charge in [-0.15, -0.1) is 0 Å². The van der Waals surface area contributed by atoms with Gasteiger partial charge in [0.15, 0.2) is 5.75 Å². The Morgan fingerprint density at radius 1 is 1.10 bits per heavy atom. The molecule has 0 amide bonds. The van der Waals surface area contributed by atoms with E-state index in [-0.39, 0.29) is 21.2 Å². The maximum atomic E-state index is 12.2. The van der Waals surface area contributed by atoms with Crippen LogP contribution in [0.5, 0.6) is 5.75 Å². The van der Waals surface area contributed by atoms with Gasteiger partial charge in [-0.05, 0) is 30.3 Å². The molecule has 0 spiro atoms. The lowest BCUT2D eigenvalue weighted by molar-refractivity contribution is 0.0599. The third kappa shape index (κ3) is 3.53. The number of hydrogen-bond donors (Lipinski definition) is 0. The summed E-state index contributed by atoms with van der Waals surface area (Å²) in [7, 11) is -2.89. The van der Waals surface area contributed by atoms with Crippen molar-refractivity contribution in [3.8, 4) is 5.75 Å². The molecule has 7 heteroatoms. The van der Waals surface area contributed by atoms with Gasteiger partial charge in [-0.1, -0.05) is 29.8 Å². The van der Waals surface area contributed by atoms with Gasteiger partial charge >= 0.3 is 16.1 Å². The minimum atomic E-state index is -4.09. The van der Waals surface area contributed by atoms with Gasteiger partial charge in [-0.3, -0.25) is 0 Å². The lowest BCUT2D eigenvalue weighted by atomic mass is 10.2. The number of carbonyl (C=O) groups excluding carboxylic acids is 1. The molecule has 110 valence electrons. The Hall–Kier alpha value is -2.05. The second-order valence-corrected chi connectivity index (χ2v) is 5.97. The van der Waals surface area contributed by atoms with Gasteiger partial charge in [0.25, 0.3) is 0 Å². The largest absolute Gasteiger partial charge is 0.465 e. The first kappa shape index (κ1) is 15.3. The van der Waals surface area contributed by atoms with E-state index in [9.17, 15) is 13.2 Å². The van der Waals surface area contributed by atoms with Crippen LogP contribution in [0.1, 0.15) is 10.4 Å². The van der Waals surface area contributed by atoms with Crippen molar-refractivity contribution >= 4 is 27.7 Å². The molecular weight excluding hydrogens is 316 g/mol. The number of para-hydroxylation sites is 1. The highest BCUT2D eigenvalue weighted by Crippen LogP contribution is 2.24. The number of ether oxygens (including phenoxy) is 1. The molecule has 0 aliphatic rings. The molecule has 0 saturated heterocycles. The van der Waals surface area contributed by atoms with Crippen LogP contribution in [0.2, 0.25) is 5.02 Å². The fraction of sp³-hybridized carbons (Fsp3) is 0.0714. The molecule has 0 atom stereocenters. The van der Waals surface area contributed by atoms with E-state index in [1.807, 2.05) is 0 Å². The topological polar surface area (TPSA) is 69.7 Å². The van der Waals surface area contributed by atoms with Crippen LogP contribution < -0.4 is 4.18 Å². The Labute approximate surface area is 127 Å². The van der Waals surface area contributed by atoms with E-state index in [0.29, 0.717) is 0 Å². The predicted octanol–water partition coefficient (Wildman–Crippen LogP) is 2.89. The summed E-state index contributed by atoms with van der Waals surface area (Å²) in [6.07, 6.45) is 0. The van der Waals surface area contributed by atoms with Gasteiger partial charge in [0.1, 0.15) is 10.5 Å². The molecule has 2 rings (SSSR count). The van der Waals surface area contributed by atoms with E-state index in [1.54, 1.807) is 18.2 Å². The molecule has 0 aliphatic heterocycles. The summed E-state index contributed by atoms with van der Waals surface area (Å²) in [5, 5.41) is 0.265. The van der Waals surface area contributed by atoms with Crippen molar-refractivity contribution in [1.82, 2.24) is 0 Å². The van der Waals surface area contributed by atoms with Crippen LogP contribution in [-0.2, 0) is 14.9 Å². The summed E-state index contributed by atoms with van der Waals surface area (Å²) in [6.45, 7) is 0. The third-order valence-electron chi connectivity index (χ3n) is 2.58. The molecule has 5 nitrogen and oxygen atoms in total. The maximum Gasteiger partial charge on any atom is 0.341 e. The van der Waals surface area contributed by atoms with Crippen molar-refractivity contribution in [3.05, 3.63) is 59.1 Å². The molecular formula is C14H11ClO5S. The number of carbonyl (C=O) groups is 1. The molecule has 2 aromatic carbocycles. The standard InChI is InChI=1S/C14H11ClO5S/c1-19-14(16)12-7-2-3-8-13(12)20-21(17,18)11-6-4-5-10(15)9-11/h2-9H,1H3. The Morgan fingerprint density at radius 3 is 2.48 bits per heavy atom. The zero-order valence-electron chi connectivity index (χ0n) is 10.9. The number of methoxy groups -OCH3 is 1. The fourth-order valence-electron chi connectivity index (χ4n) is 1.61. The molecule has 0 heterocycles. The molecule has 0 unspecified atom stereocenters. The maximum absolute atomic E-state index is 12.2. The van der Waals surface area contributed by atoms with Crippen molar-refractivity contribution in [2.75, 3.05) is 7.11 Å². The van der Waals surface area contributed by atoms with E-state index in [1.165, 1.54) is 37.4 Å². The fourth-order valence-corrected chi connectivity index (χ4v) is 2.86. The summed E-state index contributed by atoms with van der Waals surface area (Å²) in [6, 6.07) is 11.6. The predicted molar refractivity (Wildman–Crippen MR) is 77.0 cm³/mol. The average Bonchev–Trinajstić information content (AvgIpc) is 2.46. The van der Waals surface area contributed by atoms with Crippen molar-refractivity contribution in [2.24, 2.45) is 0 Å². The van der Waals surface area contributed by atoms with Gasteiger partial charge in [-0.2, -0.15) is 8.42 Å². The van der Waals surface area contributed by atoms with Crippen LogP contribution in [-0.4, -0.2) is 21.5 Å². The minimum Gasteiger partial charge on any atom is -0.465 e. The molecule has 0 aromatic heterocycles. The molecule has 0 aliphatic carbocycles. The van der Waals surface area contributed by atoms with E-state index in [0.717, 1.165) is 0 Å². The highest BCUT2D eigenvalue weighted by Gasteiger charge is 2.21. The number of esters is 1. The van der Waals surface area contributed by atoms with E-state index in [2.05, 4.69) is 4.74 Å². The van der Waals surface area contributed by atoms with Crippen LogP contribution in [0.3, 0.4) is 0 Å². The van der Waals surface area contributed by atoms with Crippen LogP contribution in [0.4, 0.5) is 0 Å². The van der Waals surface area contributed by atoms with Gasteiger partial charge in [-0.25, -0.2) is 4.79 Å². The van der Waals surface area contributed by atoms with Crippen molar-refractivity contribution in [3.63, 3.8) is 0 Å². The van der Waals surface area contributed by atoms with Crippen LogP contribution in [0.15, 0.2) is 53.4 Å². The van der Waals surface area contributed by atoms with Gasteiger partial charge < -0.3 is 8.92 Å². The molecule has 0 fully saturated rings. The first-order valence-corrected chi connectivity index (χ1v) is 7.60. The Morgan fingerprint density at radius 2 is 1.81 bits per heavy atom. The summed E-state index contributed by atoms with van der Waals surface area (Å²) in [5.74, 6) is -0.795. The SMILES string of the molecule is COC(=O)c1ccccc1OS(=O)(=O)c1cccc(Cl)c1. The van der Waals surface area contributed by atoms with E-state index in [4.69, 9.17) is 15.8 Å². The van der Waals surface area contributed by atoms with E-state index < -0.39 is 16.1 Å². The smallest absolute Gasteiger partial charge is 0.341 e. The van der Waals surface area contributed by atoms with E-state index >= 15 is 0 Å². The molecule has 0 N–H and O–H groups in total. The minimum absolute atomic E-state index is 0.0191. The Kier molecular flexibility index (Phi) is 4.50.